The molecule has 0 bridgehead atoms. The number of halogens is 1. The number of carbonyl (C=O) groups is 2. The highest BCUT2D eigenvalue weighted by Crippen LogP contribution is 2.33. The summed E-state index contributed by atoms with van der Waals surface area (Å²) in [6.07, 6.45) is 5.40. The van der Waals surface area contributed by atoms with Crippen molar-refractivity contribution in [2.45, 2.75) is 37.8 Å². The number of anilines is 1. The topological polar surface area (TPSA) is 62.3 Å². The number of amides is 2. The molecule has 1 saturated carbocycles. The number of benzene rings is 2. The number of methoxy groups -OCH3 is 1. The quantitative estimate of drug-likeness (QED) is 0.595. The first-order chi connectivity index (χ1) is 17.5. The van der Waals surface area contributed by atoms with Crippen molar-refractivity contribution in [1.82, 2.24) is 9.80 Å². The number of ether oxygens (including phenoxy) is 2. The van der Waals surface area contributed by atoms with Crippen LogP contribution in [0.5, 0.6) is 5.75 Å². The first-order valence-corrected chi connectivity index (χ1v) is 12.6. The zero-order chi connectivity index (χ0) is 25.1. The van der Waals surface area contributed by atoms with E-state index in [1.54, 1.807) is 35.1 Å². The van der Waals surface area contributed by atoms with E-state index in [-0.39, 0.29) is 42.1 Å². The smallest absolute Gasteiger partial charge is 0.289 e. The van der Waals surface area contributed by atoms with Crippen molar-refractivity contribution in [3.8, 4) is 5.75 Å². The molecule has 0 aromatic heterocycles. The van der Waals surface area contributed by atoms with E-state index >= 15 is 0 Å². The Morgan fingerprint density at radius 3 is 2.50 bits per heavy atom. The fraction of sp³-hybridized carbons (Fsp3) is 0.429. The van der Waals surface area contributed by atoms with Gasteiger partial charge in [-0.2, -0.15) is 0 Å². The van der Waals surface area contributed by atoms with Crippen LogP contribution >= 0.6 is 0 Å². The van der Waals surface area contributed by atoms with E-state index < -0.39 is 0 Å². The van der Waals surface area contributed by atoms with Crippen LogP contribution in [0.25, 0.3) is 6.08 Å². The predicted octanol–water partition coefficient (Wildman–Crippen LogP) is 3.69. The SMILES string of the molecule is COc1ccc(/C=C2/OC3CCCCC3N(CC(=O)N3CCN(c4ccccc4F)CC3)C2=O)cc1. The van der Waals surface area contributed by atoms with Crippen molar-refractivity contribution in [3.63, 3.8) is 0 Å². The number of carbonyl (C=O) groups excluding carboxylic acids is 2. The van der Waals surface area contributed by atoms with E-state index in [0.717, 1.165) is 37.0 Å². The van der Waals surface area contributed by atoms with Gasteiger partial charge in [-0.15, -0.1) is 0 Å². The summed E-state index contributed by atoms with van der Waals surface area (Å²) in [5, 5.41) is 0. The number of para-hydroxylation sites is 1. The van der Waals surface area contributed by atoms with Gasteiger partial charge >= 0.3 is 0 Å². The zero-order valence-electron chi connectivity index (χ0n) is 20.6. The van der Waals surface area contributed by atoms with Gasteiger partial charge in [0.15, 0.2) is 5.76 Å². The molecule has 0 N–H and O–H groups in total. The van der Waals surface area contributed by atoms with Gasteiger partial charge in [-0.25, -0.2) is 4.39 Å². The van der Waals surface area contributed by atoms with Crippen LogP contribution in [0, 0.1) is 5.82 Å². The molecular weight excluding hydrogens is 461 g/mol. The molecule has 1 aliphatic carbocycles. The molecule has 5 rings (SSSR count). The molecule has 2 amide bonds. The molecule has 2 unspecified atom stereocenters. The monoisotopic (exact) mass is 493 g/mol. The van der Waals surface area contributed by atoms with E-state index in [9.17, 15) is 14.0 Å². The lowest BCUT2D eigenvalue weighted by atomic mass is 9.89. The number of hydrogen-bond donors (Lipinski definition) is 0. The van der Waals surface area contributed by atoms with Gasteiger partial charge in [-0.1, -0.05) is 30.7 Å². The summed E-state index contributed by atoms with van der Waals surface area (Å²) in [6.45, 7) is 2.13. The Morgan fingerprint density at radius 1 is 1.06 bits per heavy atom. The maximum atomic E-state index is 14.2. The van der Waals surface area contributed by atoms with Crippen molar-refractivity contribution in [1.29, 1.82) is 0 Å². The molecule has 0 radical (unpaired) electrons. The fourth-order valence-corrected chi connectivity index (χ4v) is 5.36. The first kappa shape index (κ1) is 24.2. The summed E-state index contributed by atoms with van der Waals surface area (Å²) in [5.41, 5.74) is 1.40. The van der Waals surface area contributed by atoms with E-state index in [2.05, 4.69) is 0 Å². The van der Waals surface area contributed by atoms with Gasteiger partial charge in [-0.05, 0) is 55.2 Å². The molecule has 2 saturated heterocycles. The molecule has 7 nitrogen and oxygen atoms in total. The van der Waals surface area contributed by atoms with Gasteiger partial charge in [-0.3, -0.25) is 9.59 Å². The zero-order valence-corrected chi connectivity index (χ0v) is 20.6. The minimum atomic E-state index is -0.254. The second-order valence-electron chi connectivity index (χ2n) is 9.54. The van der Waals surface area contributed by atoms with Gasteiger partial charge < -0.3 is 24.2 Å². The number of fused-ring (bicyclic) bond motifs is 1. The van der Waals surface area contributed by atoms with Gasteiger partial charge in [0.2, 0.25) is 5.91 Å². The molecule has 0 spiro atoms. The summed E-state index contributed by atoms with van der Waals surface area (Å²) < 4.78 is 25.6. The second-order valence-corrected chi connectivity index (χ2v) is 9.54. The Kier molecular flexibility index (Phi) is 7.11. The highest BCUT2D eigenvalue weighted by Gasteiger charge is 2.42. The second kappa shape index (κ2) is 10.6. The lowest BCUT2D eigenvalue weighted by molar-refractivity contribution is -0.154. The molecule has 2 atom stereocenters. The van der Waals surface area contributed by atoms with E-state index in [1.165, 1.54) is 6.07 Å². The summed E-state index contributed by atoms with van der Waals surface area (Å²) in [6, 6.07) is 14.0. The molecular formula is C28H32FN3O4. The summed E-state index contributed by atoms with van der Waals surface area (Å²) >= 11 is 0. The van der Waals surface area contributed by atoms with Crippen molar-refractivity contribution in [2.24, 2.45) is 0 Å². The summed E-state index contributed by atoms with van der Waals surface area (Å²) in [5.74, 6) is 0.442. The average molecular weight is 494 g/mol. The number of piperazine rings is 1. The van der Waals surface area contributed by atoms with Gasteiger partial charge in [0.05, 0.1) is 18.8 Å². The summed E-state index contributed by atoms with van der Waals surface area (Å²) in [4.78, 5) is 32.2. The fourth-order valence-electron chi connectivity index (χ4n) is 5.36. The van der Waals surface area contributed by atoms with Gasteiger partial charge in [0, 0.05) is 26.2 Å². The molecule has 8 heteroatoms. The highest BCUT2D eigenvalue weighted by atomic mass is 19.1. The Bertz CT molecular complexity index is 1130. The van der Waals surface area contributed by atoms with Crippen LogP contribution in [0.2, 0.25) is 0 Å². The average Bonchev–Trinajstić information content (AvgIpc) is 2.91. The third-order valence-electron chi connectivity index (χ3n) is 7.36. The molecule has 3 aliphatic rings. The van der Waals surface area contributed by atoms with E-state index in [1.807, 2.05) is 35.2 Å². The maximum absolute atomic E-state index is 14.2. The summed E-state index contributed by atoms with van der Waals surface area (Å²) in [7, 11) is 1.61. The standard InChI is InChI=1S/C28H32FN3O4/c1-35-21-12-10-20(11-13-21)18-26-28(34)32(24-8-4-5-9-25(24)36-26)19-27(33)31-16-14-30(15-17-31)23-7-3-2-6-22(23)29/h2-3,6-7,10-13,18,24-25H,4-5,8-9,14-17,19H2,1H3/b26-18+. The van der Waals surface area contributed by atoms with Crippen molar-refractivity contribution >= 4 is 23.6 Å². The highest BCUT2D eigenvalue weighted by molar-refractivity contribution is 5.98. The van der Waals surface area contributed by atoms with Crippen molar-refractivity contribution < 1.29 is 23.5 Å². The van der Waals surface area contributed by atoms with Crippen LogP contribution in [0.3, 0.4) is 0 Å². The number of morpholine rings is 1. The Balaban J connectivity index is 1.28. The van der Waals surface area contributed by atoms with Gasteiger partial charge in [0.25, 0.3) is 5.91 Å². The number of rotatable bonds is 5. The molecule has 2 aromatic carbocycles. The van der Waals surface area contributed by atoms with Crippen LogP contribution in [-0.2, 0) is 14.3 Å². The Labute approximate surface area is 211 Å². The van der Waals surface area contributed by atoms with E-state index in [0.29, 0.717) is 31.9 Å². The molecule has 3 fully saturated rings. The largest absolute Gasteiger partial charge is 0.497 e. The number of nitrogens with zero attached hydrogens (tertiary/aromatic N) is 3. The van der Waals surface area contributed by atoms with Crippen molar-refractivity contribution in [2.75, 3.05) is 44.7 Å². The lowest BCUT2D eigenvalue weighted by Gasteiger charge is -2.45. The maximum Gasteiger partial charge on any atom is 0.289 e. The molecule has 2 aliphatic heterocycles. The normalized spacial score (nSPS) is 23.3. The van der Waals surface area contributed by atoms with Gasteiger partial charge in [0.1, 0.15) is 24.2 Å². The van der Waals surface area contributed by atoms with Crippen molar-refractivity contribution in [3.05, 3.63) is 65.7 Å². The van der Waals surface area contributed by atoms with Crippen LogP contribution in [0.1, 0.15) is 31.2 Å². The van der Waals surface area contributed by atoms with Crippen LogP contribution in [-0.4, -0.2) is 73.6 Å². The molecule has 36 heavy (non-hydrogen) atoms. The first-order valence-electron chi connectivity index (χ1n) is 12.6. The third kappa shape index (κ3) is 5.03. The van der Waals surface area contributed by atoms with Crippen LogP contribution in [0.4, 0.5) is 10.1 Å². The Hall–Kier alpha value is -3.55. The third-order valence-corrected chi connectivity index (χ3v) is 7.36. The molecule has 190 valence electrons. The predicted molar refractivity (Wildman–Crippen MR) is 135 cm³/mol. The molecule has 2 heterocycles. The number of hydrogen-bond acceptors (Lipinski definition) is 5. The minimum absolute atomic E-state index is 0.0308. The lowest BCUT2D eigenvalue weighted by Crippen LogP contribution is -2.58. The van der Waals surface area contributed by atoms with E-state index in [4.69, 9.17) is 9.47 Å². The molecule has 2 aromatic rings. The Morgan fingerprint density at radius 2 is 1.78 bits per heavy atom. The minimum Gasteiger partial charge on any atom is -0.497 e. The van der Waals surface area contributed by atoms with Crippen LogP contribution < -0.4 is 9.64 Å². The van der Waals surface area contributed by atoms with Crippen LogP contribution in [0.15, 0.2) is 54.3 Å².